The van der Waals surface area contributed by atoms with Crippen LogP contribution in [0.15, 0.2) is 24.3 Å². The Morgan fingerprint density at radius 1 is 1.35 bits per heavy atom. The molecule has 0 bridgehead atoms. The van der Waals surface area contributed by atoms with Gasteiger partial charge in [0, 0.05) is 5.69 Å². The molecule has 0 saturated carbocycles. The van der Waals surface area contributed by atoms with Gasteiger partial charge >= 0.3 is 5.97 Å². The third-order valence-electron chi connectivity index (χ3n) is 3.13. The first kappa shape index (κ1) is 13.6. The second kappa shape index (κ2) is 6.28. The molecule has 1 rings (SSSR count). The maximum absolute atomic E-state index is 11.3. The number of rotatable bonds is 6. The number of carbonyl (C=O) groups is 1. The summed E-state index contributed by atoms with van der Waals surface area (Å²) in [7, 11) is 0. The van der Waals surface area contributed by atoms with Crippen LogP contribution in [-0.2, 0) is 4.79 Å². The van der Waals surface area contributed by atoms with Crippen LogP contribution in [0.3, 0.4) is 0 Å². The average molecular weight is 235 g/mol. The fourth-order valence-corrected chi connectivity index (χ4v) is 2.06. The molecule has 0 spiro atoms. The lowest BCUT2D eigenvalue weighted by Gasteiger charge is -2.23. The molecule has 3 nitrogen and oxygen atoms in total. The van der Waals surface area contributed by atoms with E-state index in [1.54, 1.807) is 0 Å². The van der Waals surface area contributed by atoms with E-state index < -0.39 is 12.0 Å². The van der Waals surface area contributed by atoms with Crippen LogP contribution in [0.1, 0.15) is 32.3 Å². The molecule has 1 aromatic carbocycles. The Labute approximate surface area is 103 Å². The predicted molar refractivity (Wildman–Crippen MR) is 70.3 cm³/mol. The highest BCUT2D eigenvalue weighted by Crippen LogP contribution is 2.19. The normalized spacial score (nSPS) is 12.5. The van der Waals surface area contributed by atoms with Gasteiger partial charge in [0.15, 0.2) is 0 Å². The Bertz CT molecular complexity index is 372. The first-order valence-corrected chi connectivity index (χ1v) is 6.14. The van der Waals surface area contributed by atoms with Crippen molar-refractivity contribution >= 4 is 11.7 Å². The van der Waals surface area contributed by atoms with E-state index in [2.05, 4.69) is 5.32 Å². The Balaban J connectivity index is 2.83. The van der Waals surface area contributed by atoms with Crippen LogP contribution >= 0.6 is 0 Å². The van der Waals surface area contributed by atoms with Crippen LogP contribution in [-0.4, -0.2) is 17.1 Å². The van der Waals surface area contributed by atoms with Gasteiger partial charge in [-0.1, -0.05) is 38.8 Å². The number of carboxylic acid groups (broad SMARTS) is 1. The van der Waals surface area contributed by atoms with E-state index in [4.69, 9.17) is 0 Å². The molecule has 1 unspecified atom stereocenters. The minimum absolute atomic E-state index is 0.160. The largest absolute Gasteiger partial charge is 0.480 e. The van der Waals surface area contributed by atoms with Crippen molar-refractivity contribution < 1.29 is 9.90 Å². The molecule has 0 amide bonds. The van der Waals surface area contributed by atoms with Gasteiger partial charge in [0.05, 0.1) is 0 Å². The van der Waals surface area contributed by atoms with Gasteiger partial charge in [-0.2, -0.15) is 0 Å². The molecule has 1 aromatic rings. The van der Waals surface area contributed by atoms with Crippen molar-refractivity contribution in [2.75, 3.05) is 5.32 Å². The molecule has 0 fully saturated rings. The highest BCUT2D eigenvalue weighted by Gasteiger charge is 2.25. The van der Waals surface area contributed by atoms with E-state index in [0.29, 0.717) is 0 Å². The zero-order chi connectivity index (χ0) is 12.8. The summed E-state index contributed by atoms with van der Waals surface area (Å²) in [6.45, 7) is 6.06. The Morgan fingerprint density at radius 2 is 2.00 bits per heavy atom. The van der Waals surface area contributed by atoms with Crippen molar-refractivity contribution in [3.05, 3.63) is 29.8 Å². The topological polar surface area (TPSA) is 49.3 Å². The molecule has 0 aliphatic rings. The number of carboxylic acids is 1. The summed E-state index contributed by atoms with van der Waals surface area (Å²) in [5.74, 6) is -0.617. The summed E-state index contributed by atoms with van der Waals surface area (Å²) in [6, 6.07) is 7.30. The Morgan fingerprint density at radius 3 is 2.47 bits per heavy atom. The van der Waals surface area contributed by atoms with Crippen LogP contribution in [0.25, 0.3) is 0 Å². The molecule has 3 heteroatoms. The van der Waals surface area contributed by atoms with Crippen molar-refractivity contribution in [3.8, 4) is 0 Å². The van der Waals surface area contributed by atoms with Gasteiger partial charge in [0.25, 0.3) is 0 Å². The number of hydrogen-bond donors (Lipinski definition) is 2. The number of hydrogen-bond acceptors (Lipinski definition) is 2. The van der Waals surface area contributed by atoms with Crippen molar-refractivity contribution in [1.82, 2.24) is 0 Å². The second-order valence-corrected chi connectivity index (χ2v) is 4.41. The molecular weight excluding hydrogens is 214 g/mol. The predicted octanol–water partition coefficient (Wildman–Crippen LogP) is 3.30. The van der Waals surface area contributed by atoms with Crippen LogP contribution in [0, 0.1) is 12.8 Å². The molecule has 94 valence electrons. The van der Waals surface area contributed by atoms with E-state index >= 15 is 0 Å². The second-order valence-electron chi connectivity index (χ2n) is 4.41. The van der Waals surface area contributed by atoms with Crippen molar-refractivity contribution in [2.45, 2.75) is 39.7 Å². The van der Waals surface area contributed by atoms with Crippen LogP contribution < -0.4 is 5.32 Å². The summed E-state index contributed by atoms with van der Waals surface area (Å²) in [5.41, 5.74) is 2.01. The Hall–Kier alpha value is -1.51. The number of anilines is 1. The molecule has 17 heavy (non-hydrogen) atoms. The van der Waals surface area contributed by atoms with Crippen LogP contribution in [0.5, 0.6) is 0 Å². The van der Waals surface area contributed by atoms with Crippen molar-refractivity contribution in [2.24, 2.45) is 5.92 Å². The quantitative estimate of drug-likeness (QED) is 0.795. The van der Waals surface area contributed by atoms with Gasteiger partial charge in [-0.05, 0) is 30.5 Å². The Kier molecular flexibility index (Phi) is 5.01. The molecule has 0 aromatic heterocycles. The van der Waals surface area contributed by atoms with E-state index in [0.717, 1.165) is 24.1 Å². The summed E-state index contributed by atoms with van der Waals surface area (Å²) in [6.07, 6.45) is 1.73. The molecule has 0 radical (unpaired) electrons. The lowest BCUT2D eigenvalue weighted by molar-refractivity contribution is -0.139. The van der Waals surface area contributed by atoms with E-state index in [-0.39, 0.29) is 5.92 Å². The highest BCUT2D eigenvalue weighted by molar-refractivity contribution is 5.77. The summed E-state index contributed by atoms with van der Waals surface area (Å²) < 4.78 is 0. The monoisotopic (exact) mass is 235 g/mol. The third kappa shape index (κ3) is 3.77. The minimum atomic E-state index is -0.778. The van der Waals surface area contributed by atoms with Gasteiger partial charge in [-0.3, -0.25) is 0 Å². The maximum Gasteiger partial charge on any atom is 0.326 e. The number of nitrogens with one attached hydrogen (secondary N) is 1. The minimum Gasteiger partial charge on any atom is -0.480 e. The highest BCUT2D eigenvalue weighted by atomic mass is 16.4. The van der Waals surface area contributed by atoms with Crippen LogP contribution in [0.4, 0.5) is 5.69 Å². The molecular formula is C14H21NO2. The molecule has 0 aliphatic carbocycles. The van der Waals surface area contributed by atoms with Crippen molar-refractivity contribution in [3.63, 3.8) is 0 Å². The van der Waals surface area contributed by atoms with Crippen molar-refractivity contribution in [1.29, 1.82) is 0 Å². The van der Waals surface area contributed by atoms with E-state index in [9.17, 15) is 9.90 Å². The van der Waals surface area contributed by atoms with Crippen LogP contribution in [0.2, 0.25) is 0 Å². The lowest BCUT2D eigenvalue weighted by Crippen LogP contribution is -2.36. The van der Waals surface area contributed by atoms with Gasteiger partial charge in [0.1, 0.15) is 6.04 Å². The smallest absolute Gasteiger partial charge is 0.326 e. The van der Waals surface area contributed by atoms with E-state index in [1.165, 1.54) is 0 Å². The standard InChI is InChI=1S/C14H21NO2/c1-4-11(5-2)13(14(16)17)15-12-8-6-7-10(3)9-12/h6-9,11,13,15H,4-5H2,1-3H3,(H,16,17). The maximum atomic E-state index is 11.3. The number of aryl methyl sites for hydroxylation is 1. The fourth-order valence-electron chi connectivity index (χ4n) is 2.06. The summed E-state index contributed by atoms with van der Waals surface area (Å²) >= 11 is 0. The van der Waals surface area contributed by atoms with Gasteiger partial charge in [-0.25, -0.2) is 4.79 Å². The fraction of sp³-hybridized carbons (Fsp3) is 0.500. The van der Waals surface area contributed by atoms with Gasteiger partial charge in [0.2, 0.25) is 0 Å². The molecule has 0 heterocycles. The third-order valence-corrected chi connectivity index (χ3v) is 3.13. The first-order valence-electron chi connectivity index (χ1n) is 6.14. The summed E-state index contributed by atoms with van der Waals surface area (Å²) in [4.78, 5) is 11.3. The zero-order valence-electron chi connectivity index (χ0n) is 10.7. The van der Waals surface area contributed by atoms with Gasteiger partial charge < -0.3 is 10.4 Å². The molecule has 2 N–H and O–H groups in total. The average Bonchev–Trinajstić information content (AvgIpc) is 2.29. The number of benzene rings is 1. The zero-order valence-corrected chi connectivity index (χ0v) is 10.7. The SMILES string of the molecule is CCC(CC)C(Nc1cccc(C)c1)C(=O)O. The first-order chi connectivity index (χ1) is 8.08. The number of aliphatic carboxylic acids is 1. The molecule has 1 atom stereocenters. The lowest BCUT2D eigenvalue weighted by atomic mass is 9.94. The van der Waals surface area contributed by atoms with E-state index in [1.807, 2.05) is 45.0 Å². The molecule has 0 aliphatic heterocycles. The van der Waals surface area contributed by atoms with Gasteiger partial charge in [-0.15, -0.1) is 0 Å². The summed E-state index contributed by atoms with van der Waals surface area (Å²) in [5, 5.41) is 12.4. The molecule has 0 saturated heterocycles.